The third kappa shape index (κ3) is 2.92. The van der Waals surface area contributed by atoms with Crippen molar-refractivity contribution in [3.05, 3.63) is 5.82 Å². The first-order chi connectivity index (χ1) is 7.40. The van der Waals surface area contributed by atoms with Crippen LogP contribution in [0.25, 0.3) is 0 Å². The number of nitrogens with zero attached hydrogens (tertiary/aromatic N) is 4. The van der Waals surface area contributed by atoms with Crippen LogP contribution in [0.15, 0.2) is 0 Å². The molecule has 0 unspecified atom stereocenters. The third-order valence-corrected chi connectivity index (χ3v) is 3.66. The highest BCUT2D eigenvalue weighted by Crippen LogP contribution is 2.16. The lowest BCUT2D eigenvalue weighted by atomic mass is 10.1. The Balaban J connectivity index is 1.73. The second kappa shape index (κ2) is 5.46. The molecule has 1 aromatic rings. The summed E-state index contributed by atoms with van der Waals surface area (Å²) in [6, 6.07) is 0. The van der Waals surface area contributed by atoms with Crippen molar-refractivity contribution in [2.45, 2.75) is 25.6 Å². The predicted octanol–water partition coefficient (Wildman–Crippen LogP) is 0.536. The molecule has 6 heteroatoms. The number of hydrogen-bond donors (Lipinski definition) is 1. The van der Waals surface area contributed by atoms with Gasteiger partial charge in [0.15, 0.2) is 5.82 Å². The van der Waals surface area contributed by atoms with Crippen molar-refractivity contribution in [1.82, 2.24) is 25.5 Å². The Morgan fingerprint density at radius 1 is 1.53 bits per heavy atom. The molecule has 2 rings (SSSR count). The minimum Gasteiger partial charge on any atom is -0.316 e. The van der Waals surface area contributed by atoms with Crippen LogP contribution in [0.3, 0.4) is 0 Å². The fraction of sp³-hybridized carbons (Fsp3) is 0.889. The molecule has 0 amide bonds. The zero-order valence-electron chi connectivity index (χ0n) is 9.02. The Bertz CT molecular complexity index is 296. The second-order valence-corrected chi connectivity index (χ2v) is 4.89. The number of aryl methyl sites for hydroxylation is 1. The lowest BCUT2D eigenvalue weighted by Crippen LogP contribution is -2.43. The molecule has 84 valence electrons. The van der Waals surface area contributed by atoms with Crippen molar-refractivity contribution in [3.8, 4) is 0 Å². The van der Waals surface area contributed by atoms with E-state index < -0.39 is 0 Å². The van der Waals surface area contributed by atoms with Gasteiger partial charge in [-0.15, -0.1) is 5.10 Å². The van der Waals surface area contributed by atoms with Crippen LogP contribution in [0.1, 0.15) is 19.2 Å². The minimum atomic E-state index is 0.852. The molecule has 1 aromatic heterocycles. The molecule has 0 saturated carbocycles. The lowest BCUT2D eigenvalue weighted by molar-refractivity contribution is 0.385. The van der Waals surface area contributed by atoms with E-state index in [-0.39, 0.29) is 0 Å². The average Bonchev–Trinajstić information content (AvgIpc) is 2.58. The van der Waals surface area contributed by atoms with Crippen LogP contribution in [-0.4, -0.2) is 39.0 Å². The molecule has 15 heavy (non-hydrogen) atoms. The van der Waals surface area contributed by atoms with Gasteiger partial charge in [0.25, 0.3) is 0 Å². The number of nitrogens with one attached hydrogen (secondary N) is 1. The Hall–Kier alpha value is -0.620. The molecule has 1 aliphatic rings. The highest BCUT2D eigenvalue weighted by Gasteiger charge is 2.16. The molecule has 0 radical (unpaired) electrons. The topological polar surface area (TPSA) is 55.6 Å². The van der Waals surface area contributed by atoms with Gasteiger partial charge in [0.2, 0.25) is 0 Å². The normalized spacial score (nSPS) is 16.6. The SMILES string of the molecule is CCCn1nnnc1CSCC1CNC1. The molecule has 0 spiro atoms. The highest BCUT2D eigenvalue weighted by atomic mass is 32.2. The summed E-state index contributed by atoms with van der Waals surface area (Å²) in [7, 11) is 0. The maximum Gasteiger partial charge on any atom is 0.161 e. The fourth-order valence-corrected chi connectivity index (χ4v) is 2.57. The molecule has 2 heterocycles. The first-order valence-electron chi connectivity index (χ1n) is 5.43. The zero-order chi connectivity index (χ0) is 10.5. The van der Waals surface area contributed by atoms with E-state index in [1.165, 1.54) is 18.8 Å². The fourth-order valence-electron chi connectivity index (χ4n) is 1.50. The molecule has 0 atom stereocenters. The molecule has 0 aliphatic carbocycles. The van der Waals surface area contributed by atoms with Gasteiger partial charge in [0.05, 0.1) is 5.75 Å². The van der Waals surface area contributed by atoms with Gasteiger partial charge in [-0.05, 0) is 41.6 Å². The van der Waals surface area contributed by atoms with Gasteiger partial charge < -0.3 is 5.32 Å². The molecular weight excluding hydrogens is 210 g/mol. The van der Waals surface area contributed by atoms with Crippen LogP contribution in [0.5, 0.6) is 0 Å². The number of hydrogen-bond acceptors (Lipinski definition) is 5. The molecular formula is C9H17N5S. The highest BCUT2D eigenvalue weighted by molar-refractivity contribution is 7.98. The first kappa shape index (κ1) is 10.9. The Kier molecular flexibility index (Phi) is 3.96. The summed E-state index contributed by atoms with van der Waals surface area (Å²) in [6.45, 7) is 5.41. The van der Waals surface area contributed by atoms with E-state index in [0.29, 0.717) is 0 Å². The van der Waals surface area contributed by atoms with Crippen molar-refractivity contribution in [2.24, 2.45) is 5.92 Å². The monoisotopic (exact) mass is 227 g/mol. The summed E-state index contributed by atoms with van der Waals surface area (Å²) in [5.74, 6) is 4.01. The van der Waals surface area contributed by atoms with E-state index >= 15 is 0 Å². The lowest BCUT2D eigenvalue weighted by Gasteiger charge is -2.26. The molecule has 0 aromatic carbocycles. The van der Waals surface area contributed by atoms with Crippen molar-refractivity contribution < 1.29 is 0 Å². The number of aromatic nitrogens is 4. The van der Waals surface area contributed by atoms with E-state index in [1.807, 2.05) is 16.4 Å². The van der Waals surface area contributed by atoms with E-state index in [9.17, 15) is 0 Å². The standard InChI is InChI=1S/C9H17N5S/c1-2-3-14-9(11-12-13-14)7-15-6-8-4-10-5-8/h8,10H,2-7H2,1H3. The first-order valence-corrected chi connectivity index (χ1v) is 6.59. The van der Waals surface area contributed by atoms with E-state index in [2.05, 4.69) is 27.8 Å². The minimum absolute atomic E-state index is 0.852. The van der Waals surface area contributed by atoms with E-state index in [4.69, 9.17) is 0 Å². The van der Waals surface area contributed by atoms with Crippen molar-refractivity contribution >= 4 is 11.8 Å². The van der Waals surface area contributed by atoms with Crippen LogP contribution in [0, 0.1) is 5.92 Å². The predicted molar refractivity (Wildman–Crippen MR) is 60.6 cm³/mol. The average molecular weight is 227 g/mol. The van der Waals surface area contributed by atoms with Gasteiger partial charge in [0.1, 0.15) is 0 Å². The van der Waals surface area contributed by atoms with Gasteiger partial charge in [-0.2, -0.15) is 11.8 Å². The third-order valence-electron chi connectivity index (χ3n) is 2.49. The molecule has 1 N–H and O–H groups in total. The molecule has 5 nitrogen and oxygen atoms in total. The summed E-state index contributed by atoms with van der Waals surface area (Å²) >= 11 is 1.93. The summed E-state index contributed by atoms with van der Waals surface area (Å²) in [5.41, 5.74) is 0. The maximum absolute atomic E-state index is 4.04. The molecule has 1 aliphatic heterocycles. The summed E-state index contributed by atoms with van der Waals surface area (Å²) in [5, 5.41) is 15.0. The summed E-state index contributed by atoms with van der Waals surface area (Å²) in [4.78, 5) is 0. The summed E-state index contributed by atoms with van der Waals surface area (Å²) in [6.07, 6.45) is 1.08. The number of thioether (sulfide) groups is 1. The van der Waals surface area contributed by atoms with Gasteiger partial charge in [0, 0.05) is 6.54 Å². The quantitative estimate of drug-likeness (QED) is 0.768. The van der Waals surface area contributed by atoms with E-state index in [0.717, 1.165) is 30.5 Å². The Morgan fingerprint density at radius 3 is 3.07 bits per heavy atom. The zero-order valence-corrected chi connectivity index (χ0v) is 9.83. The number of tetrazole rings is 1. The maximum atomic E-state index is 4.04. The van der Waals surface area contributed by atoms with Crippen LogP contribution in [0.4, 0.5) is 0 Å². The van der Waals surface area contributed by atoms with Crippen molar-refractivity contribution in [2.75, 3.05) is 18.8 Å². The smallest absolute Gasteiger partial charge is 0.161 e. The molecule has 0 bridgehead atoms. The summed E-state index contributed by atoms with van der Waals surface area (Å²) < 4.78 is 1.91. The van der Waals surface area contributed by atoms with Gasteiger partial charge in [-0.25, -0.2) is 4.68 Å². The van der Waals surface area contributed by atoms with Crippen LogP contribution < -0.4 is 5.32 Å². The van der Waals surface area contributed by atoms with Crippen LogP contribution in [0.2, 0.25) is 0 Å². The van der Waals surface area contributed by atoms with Crippen molar-refractivity contribution in [1.29, 1.82) is 0 Å². The molecule has 1 saturated heterocycles. The van der Waals surface area contributed by atoms with Crippen LogP contribution >= 0.6 is 11.8 Å². The van der Waals surface area contributed by atoms with Gasteiger partial charge in [-0.3, -0.25) is 0 Å². The Labute approximate surface area is 94.0 Å². The Morgan fingerprint density at radius 2 is 2.40 bits per heavy atom. The van der Waals surface area contributed by atoms with E-state index in [1.54, 1.807) is 0 Å². The van der Waals surface area contributed by atoms with Crippen LogP contribution in [-0.2, 0) is 12.3 Å². The largest absolute Gasteiger partial charge is 0.316 e. The van der Waals surface area contributed by atoms with Gasteiger partial charge >= 0.3 is 0 Å². The second-order valence-electron chi connectivity index (χ2n) is 3.86. The van der Waals surface area contributed by atoms with Crippen molar-refractivity contribution in [3.63, 3.8) is 0 Å². The number of rotatable bonds is 6. The van der Waals surface area contributed by atoms with Gasteiger partial charge in [-0.1, -0.05) is 6.92 Å². The molecule has 1 fully saturated rings.